The molecule has 1 N–H and O–H groups in total. The van der Waals surface area contributed by atoms with Crippen LogP contribution in [0.1, 0.15) is 43.6 Å². The highest BCUT2D eigenvalue weighted by atomic mass is 16.7. The van der Waals surface area contributed by atoms with E-state index in [1.807, 2.05) is 27.7 Å². The van der Waals surface area contributed by atoms with Gasteiger partial charge in [-0.3, -0.25) is 0 Å². The number of carbonyl (C=O) groups excluding carboxylic acids is 1. The Morgan fingerprint density at radius 2 is 1.80 bits per heavy atom. The topological polar surface area (TPSA) is 74.2 Å². The quantitative estimate of drug-likeness (QED) is 0.651. The van der Waals surface area contributed by atoms with E-state index < -0.39 is 24.3 Å². The largest absolute Gasteiger partial charge is 0.496 e. The fourth-order valence-electron chi connectivity index (χ4n) is 2.46. The van der Waals surface area contributed by atoms with Gasteiger partial charge in [-0.25, -0.2) is 4.79 Å². The molecule has 1 aromatic carbocycles. The van der Waals surface area contributed by atoms with E-state index in [4.69, 9.17) is 18.8 Å². The number of methoxy groups -OCH3 is 2. The first-order chi connectivity index (χ1) is 11.6. The van der Waals surface area contributed by atoms with Crippen LogP contribution in [0.2, 0.25) is 0 Å². The zero-order valence-electron chi connectivity index (χ0n) is 15.6. The fourth-order valence-corrected chi connectivity index (χ4v) is 2.46. The van der Waals surface area contributed by atoms with Gasteiger partial charge < -0.3 is 23.9 Å². The number of rotatable bonds is 5. The molecule has 1 aromatic rings. The number of carbonyl (C=O) groups is 1. The summed E-state index contributed by atoms with van der Waals surface area (Å²) in [4.78, 5) is 11.7. The highest BCUT2D eigenvalue weighted by molar-refractivity contribution is 6.55. The third kappa shape index (κ3) is 3.89. The van der Waals surface area contributed by atoms with E-state index in [-0.39, 0.29) is 6.61 Å². The van der Waals surface area contributed by atoms with Gasteiger partial charge in [-0.05, 0) is 45.3 Å². The molecule has 0 spiro atoms. The summed E-state index contributed by atoms with van der Waals surface area (Å²) in [5.74, 6) is 0.0486. The normalized spacial score (nSPS) is 19.0. The van der Waals surface area contributed by atoms with Crippen molar-refractivity contribution >= 4 is 19.2 Å². The molecule has 0 atom stereocenters. The minimum absolute atomic E-state index is 0.223. The molecule has 6 nitrogen and oxygen atoms in total. The second-order valence-electron chi connectivity index (χ2n) is 6.91. The maximum atomic E-state index is 11.7. The van der Waals surface area contributed by atoms with E-state index in [2.05, 4.69) is 0 Å². The Kier molecular flexibility index (Phi) is 5.61. The first kappa shape index (κ1) is 19.5. The maximum Gasteiger partial charge on any atom is 0.492 e. The Hall–Kier alpha value is -1.83. The van der Waals surface area contributed by atoms with Gasteiger partial charge >= 0.3 is 13.1 Å². The van der Waals surface area contributed by atoms with Crippen molar-refractivity contribution < 1.29 is 28.7 Å². The van der Waals surface area contributed by atoms with Gasteiger partial charge in [-0.2, -0.15) is 0 Å². The number of benzene rings is 1. The van der Waals surface area contributed by atoms with E-state index in [1.54, 1.807) is 24.3 Å². The molecule has 0 bridgehead atoms. The summed E-state index contributed by atoms with van der Waals surface area (Å²) in [7, 11) is 2.19. The Bertz CT molecular complexity index is 664. The van der Waals surface area contributed by atoms with Crippen molar-refractivity contribution in [3.8, 4) is 5.75 Å². The van der Waals surface area contributed by atoms with Crippen LogP contribution in [0.15, 0.2) is 23.7 Å². The molecule has 0 aromatic heterocycles. The van der Waals surface area contributed by atoms with E-state index in [9.17, 15) is 9.90 Å². The molecule has 1 aliphatic rings. The van der Waals surface area contributed by atoms with Crippen LogP contribution in [-0.2, 0) is 14.0 Å². The van der Waals surface area contributed by atoms with Gasteiger partial charge in [0.15, 0.2) is 0 Å². The van der Waals surface area contributed by atoms with Gasteiger partial charge in [-0.1, -0.05) is 12.1 Å². The summed E-state index contributed by atoms with van der Waals surface area (Å²) in [5.41, 5.74) is 0.671. The Balaban J connectivity index is 2.36. The van der Waals surface area contributed by atoms with Crippen LogP contribution in [0.25, 0.3) is 6.08 Å². The minimum Gasteiger partial charge on any atom is -0.496 e. The Morgan fingerprint density at radius 1 is 1.20 bits per heavy atom. The standard InChI is InChI=1S/C18H25BO6/c1-17(2)18(3,4)25-19(24-17)14(11-20)9-12-7-8-13(16(21)23-6)10-15(12)22-5/h7-10,20H,11H2,1-6H3. The molecule has 0 saturated carbocycles. The predicted molar refractivity (Wildman–Crippen MR) is 95.5 cm³/mol. The minimum atomic E-state index is -0.653. The van der Waals surface area contributed by atoms with E-state index in [0.29, 0.717) is 22.3 Å². The summed E-state index contributed by atoms with van der Waals surface area (Å²) in [6.45, 7) is 7.58. The van der Waals surface area contributed by atoms with Crippen molar-refractivity contribution in [3.63, 3.8) is 0 Å². The molecule has 1 saturated heterocycles. The fraction of sp³-hybridized carbons (Fsp3) is 0.500. The average molecular weight is 348 g/mol. The number of aliphatic hydroxyl groups excluding tert-OH is 1. The molecule has 1 fully saturated rings. The number of aliphatic hydroxyl groups is 1. The summed E-state index contributed by atoms with van der Waals surface area (Å²) < 4.78 is 22.0. The molecule has 7 heteroatoms. The van der Waals surface area contributed by atoms with E-state index >= 15 is 0 Å². The molecule has 25 heavy (non-hydrogen) atoms. The van der Waals surface area contributed by atoms with Crippen LogP contribution in [0.3, 0.4) is 0 Å². The molecule has 1 heterocycles. The second-order valence-corrected chi connectivity index (χ2v) is 6.91. The van der Waals surface area contributed by atoms with Crippen molar-refractivity contribution in [1.82, 2.24) is 0 Å². The van der Waals surface area contributed by atoms with Crippen molar-refractivity contribution in [2.75, 3.05) is 20.8 Å². The lowest BCUT2D eigenvalue weighted by Crippen LogP contribution is -2.41. The number of ether oxygens (including phenoxy) is 2. The Labute approximate surface area is 148 Å². The molecule has 0 aliphatic carbocycles. The molecular weight excluding hydrogens is 323 g/mol. The SMILES string of the molecule is COC(=O)c1ccc(C=C(CO)B2OC(C)(C)C(C)(C)O2)c(OC)c1. The third-order valence-electron chi connectivity index (χ3n) is 4.73. The average Bonchev–Trinajstić information content (AvgIpc) is 2.79. The number of hydrogen-bond acceptors (Lipinski definition) is 6. The van der Waals surface area contributed by atoms with Crippen LogP contribution >= 0.6 is 0 Å². The molecule has 0 radical (unpaired) electrons. The number of esters is 1. The van der Waals surface area contributed by atoms with Crippen LogP contribution in [0.4, 0.5) is 0 Å². The van der Waals surface area contributed by atoms with Gasteiger partial charge in [0, 0.05) is 5.56 Å². The molecule has 1 aliphatic heterocycles. The highest BCUT2D eigenvalue weighted by Gasteiger charge is 2.52. The second kappa shape index (κ2) is 7.19. The first-order valence-electron chi connectivity index (χ1n) is 8.08. The van der Waals surface area contributed by atoms with Gasteiger partial charge in [0.2, 0.25) is 0 Å². The van der Waals surface area contributed by atoms with Crippen molar-refractivity contribution in [1.29, 1.82) is 0 Å². The smallest absolute Gasteiger partial charge is 0.492 e. The van der Waals surface area contributed by atoms with E-state index in [1.165, 1.54) is 14.2 Å². The van der Waals surface area contributed by atoms with Crippen LogP contribution in [0.5, 0.6) is 5.75 Å². The zero-order chi connectivity index (χ0) is 18.8. The van der Waals surface area contributed by atoms with Gasteiger partial charge in [0.1, 0.15) is 5.75 Å². The van der Waals surface area contributed by atoms with Crippen LogP contribution in [-0.4, -0.2) is 50.2 Å². The summed E-state index contributed by atoms with van der Waals surface area (Å²) in [6.07, 6.45) is 1.75. The molecule has 136 valence electrons. The summed E-state index contributed by atoms with van der Waals surface area (Å²) in [5, 5.41) is 9.79. The van der Waals surface area contributed by atoms with Gasteiger partial charge in [0.25, 0.3) is 0 Å². The lowest BCUT2D eigenvalue weighted by atomic mass is 9.77. The highest BCUT2D eigenvalue weighted by Crippen LogP contribution is 2.39. The molecule has 2 rings (SSSR count). The monoisotopic (exact) mass is 348 g/mol. The van der Waals surface area contributed by atoms with Crippen LogP contribution in [0, 0.1) is 0 Å². The lowest BCUT2D eigenvalue weighted by molar-refractivity contribution is 0.00578. The summed E-state index contributed by atoms with van der Waals surface area (Å²) >= 11 is 0. The molecular formula is C18H25BO6. The molecule has 0 unspecified atom stereocenters. The third-order valence-corrected chi connectivity index (χ3v) is 4.73. The predicted octanol–water partition coefficient (Wildman–Crippen LogP) is 2.49. The maximum absolute atomic E-state index is 11.7. The van der Waals surface area contributed by atoms with Crippen molar-refractivity contribution in [2.24, 2.45) is 0 Å². The lowest BCUT2D eigenvalue weighted by Gasteiger charge is -2.32. The van der Waals surface area contributed by atoms with Crippen LogP contribution < -0.4 is 4.74 Å². The summed E-state index contributed by atoms with van der Waals surface area (Å²) in [6, 6.07) is 4.96. The Morgan fingerprint density at radius 3 is 2.28 bits per heavy atom. The first-order valence-corrected chi connectivity index (χ1v) is 8.08. The van der Waals surface area contributed by atoms with E-state index in [0.717, 1.165) is 0 Å². The van der Waals surface area contributed by atoms with Crippen molar-refractivity contribution in [2.45, 2.75) is 38.9 Å². The van der Waals surface area contributed by atoms with Crippen molar-refractivity contribution in [3.05, 3.63) is 34.8 Å². The van der Waals surface area contributed by atoms with Gasteiger partial charge in [0.05, 0.1) is 37.6 Å². The zero-order valence-corrected chi connectivity index (χ0v) is 15.6. The molecule has 0 amide bonds. The van der Waals surface area contributed by atoms with Gasteiger partial charge in [-0.15, -0.1) is 0 Å². The number of hydrogen-bond donors (Lipinski definition) is 1.